The molecule has 8 heteroatoms. The Balaban J connectivity index is 1.52. The predicted molar refractivity (Wildman–Crippen MR) is 103 cm³/mol. The molecule has 0 aliphatic carbocycles. The van der Waals surface area contributed by atoms with Crippen molar-refractivity contribution in [3.63, 3.8) is 0 Å². The van der Waals surface area contributed by atoms with E-state index in [0.717, 1.165) is 12.1 Å². The highest BCUT2D eigenvalue weighted by molar-refractivity contribution is 6.17. The SMILES string of the molecule is CC(=O)N1c2ccccc2C(=O)[C@@H]1N1CCN(c2cccc(C(F)(F)F)c2)CC1. The second-order valence-electron chi connectivity index (χ2n) is 7.22. The second-order valence-corrected chi connectivity index (χ2v) is 7.22. The van der Waals surface area contributed by atoms with Gasteiger partial charge in [-0.25, -0.2) is 0 Å². The molecule has 0 saturated carbocycles. The van der Waals surface area contributed by atoms with Gasteiger partial charge in [-0.1, -0.05) is 18.2 Å². The molecule has 1 fully saturated rings. The van der Waals surface area contributed by atoms with Crippen LogP contribution >= 0.6 is 0 Å². The van der Waals surface area contributed by atoms with Crippen molar-refractivity contribution in [2.24, 2.45) is 0 Å². The standard InChI is InChI=1S/C21H20F3N3O2/c1-14(28)27-18-8-3-2-7-17(18)19(29)20(27)26-11-9-25(10-12-26)16-6-4-5-15(13-16)21(22,23)24/h2-8,13,20H,9-12H2,1H3/t20-/m1/s1. The molecule has 2 aromatic rings. The summed E-state index contributed by atoms with van der Waals surface area (Å²) in [6, 6.07) is 12.3. The van der Waals surface area contributed by atoms with Crippen LogP contribution in [0.4, 0.5) is 24.5 Å². The molecular weight excluding hydrogens is 383 g/mol. The topological polar surface area (TPSA) is 43.9 Å². The van der Waals surface area contributed by atoms with E-state index in [-0.39, 0.29) is 11.7 Å². The maximum absolute atomic E-state index is 13.0. The Labute approximate surface area is 166 Å². The lowest BCUT2D eigenvalue weighted by atomic mass is 10.1. The molecule has 0 bridgehead atoms. The van der Waals surface area contributed by atoms with Gasteiger partial charge < -0.3 is 4.90 Å². The maximum Gasteiger partial charge on any atom is 0.416 e. The molecule has 0 spiro atoms. The van der Waals surface area contributed by atoms with Crippen molar-refractivity contribution in [1.29, 1.82) is 0 Å². The number of carbonyl (C=O) groups excluding carboxylic acids is 2. The third kappa shape index (κ3) is 3.48. The van der Waals surface area contributed by atoms with Gasteiger partial charge in [0.2, 0.25) is 11.7 Å². The minimum Gasteiger partial charge on any atom is -0.369 e. The molecule has 1 amide bonds. The number of hydrogen-bond donors (Lipinski definition) is 0. The Morgan fingerprint density at radius 1 is 1.00 bits per heavy atom. The molecule has 0 aromatic heterocycles. The van der Waals surface area contributed by atoms with E-state index in [1.807, 2.05) is 9.80 Å². The number of alkyl halides is 3. The van der Waals surface area contributed by atoms with Crippen LogP contribution < -0.4 is 9.80 Å². The van der Waals surface area contributed by atoms with Crippen LogP contribution in [0.3, 0.4) is 0 Å². The molecule has 0 N–H and O–H groups in total. The molecule has 1 atom stereocenters. The van der Waals surface area contributed by atoms with Gasteiger partial charge in [0.05, 0.1) is 11.3 Å². The molecule has 29 heavy (non-hydrogen) atoms. The monoisotopic (exact) mass is 403 g/mol. The minimum absolute atomic E-state index is 0.122. The molecule has 4 rings (SSSR count). The third-order valence-electron chi connectivity index (χ3n) is 5.45. The Morgan fingerprint density at radius 3 is 2.34 bits per heavy atom. The largest absolute Gasteiger partial charge is 0.416 e. The minimum atomic E-state index is -4.39. The summed E-state index contributed by atoms with van der Waals surface area (Å²) in [5.41, 5.74) is 0.953. The molecule has 2 heterocycles. The zero-order valence-corrected chi connectivity index (χ0v) is 15.8. The smallest absolute Gasteiger partial charge is 0.369 e. The number of ketones is 1. The summed E-state index contributed by atoms with van der Waals surface area (Å²) in [5.74, 6) is -0.336. The number of carbonyl (C=O) groups is 2. The van der Waals surface area contributed by atoms with E-state index in [1.165, 1.54) is 17.9 Å². The number of amides is 1. The van der Waals surface area contributed by atoms with Crippen LogP contribution in [-0.4, -0.2) is 48.9 Å². The zero-order valence-electron chi connectivity index (χ0n) is 15.8. The van der Waals surface area contributed by atoms with Crippen LogP contribution in [0.25, 0.3) is 0 Å². The summed E-state index contributed by atoms with van der Waals surface area (Å²) in [5, 5.41) is 0. The average molecular weight is 403 g/mol. The van der Waals surface area contributed by atoms with Gasteiger partial charge in [-0.05, 0) is 30.3 Å². The Hall–Kier alpha value is -2.87. The van der Waals surface area contributed by atoms with E-state index < -0.39 is 17.9 Å². The first-order chi connectivity index (χ1) is 13.8. The van der Waals surface area contributed by atoms with Gasteiger partial charge in [0.25, 0.3) is 0 Å². The summed E-state index contributed by atoms with van der Waals surface area (Å²) >= 11 is 0. The molecule has 2 aliphatic rings. The Bertz CT molecular complexity index is 952. The highest BCUT2D eigenvalue weighted by Gasteiger charge is 2.43. The lowest BCUT2D eigenvalue weighted by Gasteiger charge is -2.41. The molecular formula is C21H20F3N3O2. The fourth-order valence-corrected chi connectivity index (χ4v) is 4.05. The fraction of sp³-hybridized carbons (Fsp3) is 0.333. The van der Waals surface area contributed by atoms with Crippen molar-refractivity contribution in [1.82, 2.24) is 4.90 Å². The van der Waals surface area contributed by atoms with Crippen molar-refractivity contribution in [2.45, 2.75) is 19.3 Å². The molecule has 152 valence electrons. The first-order valence-corrected chi connectivity index (χ1v) is 9.36. The lowest BCUT2D eigenvalue weighted by molar-refractivity contribution is -0.137. The van der Waals surface area contributed by atoms with Gasteiger partial charge in [-0.2, -0.15) is 13.2 Å². The molecule has 0 radical (unpaired) electrons. The first kappa shape index (κ1) is 19.4. The number of benzene rings is 2. The van der Waals surface area contributed by atoms with Crippen LogP contribution in [0, 0.1) is 0 Å². The van der Waals surface area contributed by atoms with Crippen LogP contribution in [0.2, 0.25) is 0 Å². The van der Waals surface area contributed by atoms with Crippen LogP contribution in [0.1, 0.15) is 22.8 Å². The average Bonchev–Trinajstić information content (AvgIpc) is 3.01. The van der Waals surface area contributed by atoms with Gasteiger partial charge in [0, 0.05) is 44.4 Å². The van der Waals surface area contributed by atoms with E-state index in [0.29, 0.717) is 43.1 Å². The van der Waals surface area contributed by atoms with Gasteiger partial charge in [0.1, 0.15) is 0 Å². The van der Waals surface area contributed by atoms with Crippen molar-refractivity contribution >= 4 is 23.1 Å². The number of halogens is 3. The number of piperazine rings is 1. The Kier molecular flexibility index (Phi) is 4.82. The third-order valence-corrected chi connectivity index (χ3v) is 5.45. The summed E-state index contributed by atoms with van der Waals surface area (Å²) < 4.78 is 39.0. The summed E-state index contributed by atoms with van der Waals surface area (Å²) in [6.07, 6.45) is -5.09. The van der Waals surface area contributed by atoms with E-state index in [9.17, 15) is 22.8 Å². The number of para-hydroxylation sites is 1. The second kappa shape index (κ2) is 7.18. The number of rotatable bonds is 2. The highest BCUT2D eigenvalue weighted by Crippen LogP contribution is 2.35. The van der Waals surface area contributed by atoms with Crippen molar-refractivity contribution < 1.29 is 22.8 Å². The highest BCUT2D eigenvalue weighted by atomic mass is 19.4. The molecule has 2 aliphatic heterocycles. The number of anilines is 2. The fourth-order valence-electron chi connectivity index (χ4n) is 4.05. The molecule has 5 nitrogen and oxygen atoms in total. The zero-order chi connectivity index (χ0) is 20.8. The van der Waals surface area contributed by atoms with Crippen molar-refractivity contribution in [2.75, 3.05) is 36.0 Å². The predicted octanol–water partition coefficient (Wildman–Crippen LogP) is 3.40. The number of hydrogen-bond acceptors (Lipinski definition) is 4. The first-order valence-electron chi connectivity index (χ1n) is 9.36. The molecule has 1 saturated heterocycles. The number of fused-ring (bicyclic) bond motifs is 1. The van der Waals surface area contributed by atoms with Gasteiger partial charge in [-0.15, -0.1) is 0 Å². The quantitative estimate of drug-likeness (QED) is 0.771. The van der Waals surface area contributed by atoms with Crippen LogP contribution in [-0.2, 0) is 11.0 Å². The van der Waals surface area contributed by atoms with Crippen molar-refractivity contribution in [3.8, 4) is 0 Å². The normalized spacial score (nSPS) is 20.1. The van der Waals surface area contributed by atoms with Crippen molar-refractivity contribution in [3.05, 3.63) is 59.7 Å². The summed E-state index contributed by atoms with van der Waals surface area (Å²) in [7, 11) is 0. The summed E-state index contributed by atoms with van der Waals surface area (Å²) in [6.45, 7) is 3.29. The number of nitrogens with zero attached hydrogens (tertiary/aromatic N) is 3. The van der Waals surface area contributed by atoms with Crippen LogP contribution in [0.5, 0.6) is 0 Å². The van der Waals surface area contributed by atoms with Gasteiger partial charge in [0.15, 0.2) is 6.17 Å². The Morgan fingerprint density at radius 2 is 1.69 bits per heavy atom. The van der Waals surface area contributed by atoms with E-state index >= 15 is 0 Å². The molecule has 0 unspecified atom stereocenters. The van der Waals surface area contributed by atoms with E-state index in [1.54, 1.807) is 30.3 Å². The van der Waals surface area contributed by atoms with Gasteiger partial charge in [-0.3, -0.25) is 19.4 Å². The van der Waals surface area contributed by atoms with E-state index in [4.69, 9.17) is 0 Å². The molecule has 2 aromatic carbocycles. The lowest BCUT2D eigenvalue weighted by Crippen LogP contribution is -2.58. The summed E-state index contributed by atoms with van der Waals surface area (Å²) in [4.78, 5) is 30.5. The number of Topliss-reactive ketones (excluding diaryl/α,β-unsaturated/α-hetero) is 1. The van der Waals surface area contributed by atoms with E-state index in [2.05, 4.69) is 0 Å². The maximum atomic E-state index is 13.0. The van der Waals surface area contributed by atoms with Crippen LogP contribution in [0.15, 0.2) is 48.5 Å². The van der Waals surface area contributed by atoms with Gasteiger partial charge >= 0.3 is 6.18 Å².